The molecule has 1 atom stereocenters. The van der Waals surface area contributed by atoms with Gasteiger partial charge in [-0.05, 0) is 47.5 Å². The molecule has 0 amide bonds. The van der Waals surface area contributed by atoms with Gasteiger partial charge in [0.1, 0.15) is 5.75 Å². The van der Waals surface area contributed by atoms with Crippen molar-refractivity contribution < 1.29 is 4.74 Å². The molecule has 3 aromatic carbocycles. The van der Waals surface area contributed by atoms with E-state index in [1.165, 1.54) is 5.56 Å². The molecule has 0 fully saturated rings. The van der Waals surface area contributed by atoms with E-state index in [2.05, 4.69) is 71.7 Å². The van der Waals surface area contributed by atoms with Crippen LogP contribution in [-0.4, -0.2) is 12.8 Å². The van der Waals surface area contributed by atoms with Crippen molar-refractivity contribution in [2.75, 3.05) is 12.1 Å². The van der Waals surface area contributed by atoms with Crippen molar-refractivity contribution >= 4 is 11.4 Å². The predicted octanol–water partition coefficient (Wildman–Crippen LogP) is 5.05. The highest BCUT2D eigenvalue weighted by atomic mass is 16.5. The van der Waals surface area contributed by atoms with Gasteiger partial charge < -0.3 is 4.74 Å². The molecule has 1 heterocycles. The molecule has 124 valence electrons. The summed E-state index contributed by atoms with van der Waals surface area (Å²) < 4.78 is 5.26. The third-order valence-corrected chi connectivity index (χ3v) is 4.54. The van der Waals surface area contributed by atoms with Gasteiger partial charge in [-0.2, -0.15) is 5.10 Å². The molecule has 3 nitrogen and oxygen atoms in total. The fourth-order valence-corrected chi connectivity index (χ4v) is 3.22. The second kappa shape index (κ2) is 6.81. The van der Waals surface area contributed by atoms with E-state index in [1.54, 1.807) is 7.11 Å². The summed E-state index contributed by atoms with van der Waals surface area (Å²) in [5.74, 6) is 0.863. The lowest BCUT2D eigenvalue weighted by atomic mass is 9.98. The zero-order chi connectivity index (χ0) is 17.1. The van der Waals surface area contributed by atoms with E-state index >= 15 is 0 Å². The summed E-state index contributed by atoms with van der Waals surface area (Å²) in [7, 11) is 1.69. The molecule has 3 heteroatoms. The van der Waals surface area contributed by atoms with Crippen molar-refractivity contribution in [1.82, 2.24) is 0 Å². The zero-order valence-electron chi connectivity index (χ0n) is 14.2. The lowest BCUT2D eigenvalue weighted by molar-refractivity contribution is 0.415. The Morgan fingerprint density at radius 1 is 0.840 bits per heavy atom. The molecule has 0 N–H and O–H groups in total. The topological polar surface area (TPSA) is 24.8 Å². The summed E-state index contributed by atoms with van der Waals surface area (Å²) in [5.41, 5.74) is 4.62. The largest absolute Gasteiger partial charge is 0.497 e. The minimum Gasteiger partial charge on any atom is -0.497 e. The van der Waals surface area contributed by atoms with Gasteiger partial charge in [0.25, 0.3) is 0 Å². The van der Waals surface area contributed by atoms with Gasteiger partial charge in [0.15, 0.2) is 0 Å². The molecule has 0 saturated heterocycles. The molecule has 25 heavy (non-hydrogen) atoms. The molecule has 3 aromatic rings. The maximum Gasteiger partial charge on any atom is 0.118 e. The van der Waals surface area contributed by atoms with E-state index in [0.29, 0.717) is 0 Å². The Kier molecular flexibility index (Phi) is 4.21. The highest BCUT2D eigenvalue weighted by Crippen LogP contribution is 2.36. The number of anilines is 1. The van der Waals surface area contributed by atoms with Crippen molar-refractivity contribution in [3.63, 3.8) is 0 Å². The second-order valence-electron chi connectivity index (χ2n) is 6.09. The quantitative estimate of drug-likeness (QED) is 0.669. The molecular formula is C22H20N2O. The Bertz CT molecular complexity index is 858. The van der Waals surface area contributed by atoms with Crippen molar-refractivity contribution in [1.29, 1.82) is 0 Å². The van der Waals surface area contributed by atoms with Gasteiger partial charge in [0.2, 0.25) is 0 Å². The van der Waals surface area contributed by atoms with Crippen LogP contribution >= 0.6 is 0 Å². The Balaban J connectivity index is 1.71. The SMILES string of the molecule is COc1ccc(C2=NN(c3ccccc3)[C@H](c3ccccc3)C2)cc1. The third-order valence-electron chi connectivity index (χ3n) is 4.54. The van der Waals surface area contributed by atoms with Crippen LogP contribution in [0.4, 0.5) is 5.69 Å². The van der Waals surface area contributed by atoms with E-state index in [4.69, 9.17) is 9.84 Å². The standard InChI is InChI=1S/C22H20N2O/c1-25-20-14-12-17(13-15-20)21-16-22(18-8-4-2-5-9-18)24(23-21)19-10-6-3-7-11-19/h2-15,22H,16H2,1H3/t22-/m0/s1. The van der Waals surface area contributed by atoms with Gasteiger partial charge in [0.05, 0.1) is 24.6 Å². The second-order valence-corrected chi connectivity index (χ2v) is 6.09. The maximum atomic E-state index is 5.26. The number of hydrazone groups is 1. The summed E-state index contributed by atoms with van der Waals surface area (Å²) in [6.45, 7) is 0. The fourth-order valence-electron chi connectivity index (χ4n) is 3.22. The van der Waals surface area contributed by atoms with Crippen molar-refractivity contribution in [3.05, 3.63) is 96.1 Å². The molecule has 1 aliphatic heterocycles. The number of methoxy groups -OCH3 is 1. The van der Waals surface area contributed by atoms with E-state index in [1.807, 2.05) is 18.2 Å². The maximum absolute atomic E-state index is 5.26. The van der Waals surface area contributed by atoms with Crippen LogP contribution in [0.25, 0.3) is 0 Å². The monoisotopic (exact) mass is 328 g/mol. The van der Waals surface area contributed by atoms with E-state index in [-0.39, 0.29) is 6.04 Å². The number of para-hydroxylation sites is 1. The first-order valence-corrected chi connectivity index (χ1v) is 8.46. The number of hydrogen-bond acceptors (Lipinski definition) is 3. The number of ether oxygens (including phenoxy) is 1. The molecular weight excluding hydrogens is 308 g/mol. The Hall–Kier alpha value is -3.07. The minimum atomic E-state index is 0.209. The minimum absolute atomic E-state index is 0.209. The highest BCUT2D eigenvalue weighted by Gasteiger charge is 2.29. The fraction of sp³-hybridized carbons (Fsp3) is 0.136. The molecule has 0 saturated carbocycles. The van der Waals surface area contributed by atoms with Crippen LogP contribution < -0.4 is 9.75 Å². The molecule has 0 unspecified atom stereocenters. The Morgan fingerprint density at radius 3 is 2.12 bits per heavy atom. The molecule has 0 bridgehead atoms. The molecule has 0 aromatic heterocycles. The van der Waals surface area contributed by atoms with Gasteiger partial charge in [-0.3, -0.25) is 5.01 Å². The number of hydrogen-bond donors (Lipinski definition) is 0. The third kappa shape index (κ3) is 3.13. The summed E-state index contributed by atoms with van der Waals surface area (Å²) in [6.07, 6.45) is 0.880. The van der Waals surface area contributed by atoms with Gasteiger partial charge in [-0.25, -0.2) is 0 Å². The summed E-state index contributed by atoms with van der Waals surface area (Å²) in [5, 5.41) is 7.08. The highest BCUT2D eigenvalue weighted by molar-refractivity contribution is 6.03. The number of rotatable bonds is 4. The molecule has 4 rings (SSSR count). The first-order valence-electron chi connectivity index (χ1n) is 8.46. The Morgan fingerprint density at radius 2 is 1.48 bits per heavy atom. The molecule has 1 aliphatic rings. The van der Waals surface area contributed by atoms with Crippen molar-refractivity contribution in [2.24, 2.45) is 5.10 Å². The average Bonchev–Trinajstić information content (AvgIpc) is 3.15. The average molecular weight is 328 g/mol. The molecule has 0 spiro atoms. The van der Waals surface area contributed by atoms with Crippen molar-refractivity contribution in [3.8, 4) is 5.75 Å². The van der Waals surface area contributed by atoms with E-state index < -0.39 is 0 Å². The summed E-state index contributed by atoms with van der Waals surface area (Å²) >= 11 is 0. The van der Waals surface area contributed by atoms with Gasteiger partial charge in [-0.1, -0.05) is 48.5 Å². The van der Waals surface area contributed by atoms with E-state index in [0.717, 1.165) is 29.1 Å². The first-order chi connectivity index (χ1) is 12.3. The van der Waals surface area contributed by atoms with Crippen LogP contribution in [0.1, 0.15) is 23.6 Å². The van der Waals surface area contributed by atoms with Crippen LogP contribution in [0.3, 0.4) is 0 Å². The van der Waals surface area contributed by atoms with Crippen LogP contribution in [0.2, 0.25) is 0 Å². The zero-order valence-corrected chi connectivity index (χ0v) is 14.2. The van der Waals surface area contributed by atoms with Gasteiger partial charge in [0, 0.05) is 6.42 Å². The summed E-state index contributed by atoms with van der Waals surface area (Å²) in [4.78, 5) is 0. The lowest BCUT2D eigenvalue weighted by Crippen LogP contribution is -2.18. The lowest BCUT2D eigenvalue weighted by Gasteiger charge is -2.23. The number of nitrogens with zero attached hydrogens (tertiary/aromatic N) is 2. The number of benzene rings is 3. The van der Waals surface area contributed by atoms with Crippen LogP contribution in [-0.2, 0) is 0 Å². The van der Waals surface area contributed by atoms with Gasteiger partial charge in [-0.15, -0.1) is 0 Å². The molecule has 0 radical (unpaired) electrons. The Labute approximate surface area is 148 Å². The first kappa shape index (κ1) is 15.5. The normalized spacial score (nSPS) is 16.6. The van der Waals surface area contributed by atoms with Crippen molar-refractivity contribution in [2.45, 2.75) is 12.5 Å². The van der Waals surface area contributed by atoms with Crippen LogP contribution in [0.15, 0.2) is 90.0 Å². The van der Waals surface area contributed by atoms with E-state index in [9.17, 15) is 0 Å². The smallest absolute Gasteiger partial charge is 0.118 e. The van der Waals surface area contributed by atoms with Crippen LogP contribution in [0, 0.1) is 0 Å². The predicted molar refractivity (Wildman–Crippen MR) is 102 cm³/mol. The summed E-state index contributed by atoms with van der Waals surface area (Å²) in [6, 6.07) is 29.3. The van der Waals surface area contributed by atoms with Gasteiger partial charge >= 0.3 is 0 Å². The van der Waals surface area contributed by atoms with Crippen LogP contribution in [0.5, 0.6) is 5.75 Å². The molecule has 0 aliphatic carbocycles.